The van der Waals surface area contributed by atoms with Crippen LogP contribution in [0.15, 0.2) is 34.7 Å². The Morgan fingerprint density at radius 3 is 2.63 bits per heavy atom. The van der Waals surface area contributed by atoms with Gasteiger partial charge in [-0.15, -0.1) is 0 Å². The monoisotopic (exact) mass is 258 g/mol. The van der Waals surface area contributed by atoms with E-state index in [-0.39, 0.29) is 5.91 Å². The maximum absolute atomic E-state index is 12.4. The van der Waals surface area contributed by atoms with Crippen LogP contribution in [0.4, 0.5) is 5.69 Å². The average Bonchev–Trinajstić information content (AvgIpc) is 2.76. The summed E-state index contributed by atoms with van der Waals surface area (Å²) in [4.78, 5) is 14.0. The molecule has 0 aliphatic carbocycles. The van der Waals surface area contributed by atoms with Gasteiger partial charge in [0.25, 0.3) is 5.91 Å². The van der Waals surface area contributed by atoms with Gasteiger partial charge >= 0.3 is 0 Å². The van der Waals surface area contributed by atoms with Crippen LogP contribution in [0, 0.1) is 13.8 Å². The first-order chi connectivity index (χ1) is 9.02. The zero-order valence-electron chi connectivity index (χ0n) is 11.4. The fraction of sp³-hybridized carbons (Fsp3) is 0.267. The van der Waals surface area contributed by atoms with Gasteiger partial charge in [0.15, 0.2) is 0 Å². The van der Waals surface area contributed by atoms with Crippen molar-refractivity contribution >= 4 is 11.6 Å². The summed E-state index contributed by atoms with van der Waals surface area (Å²) in [6.45, 7) is 4.09. The number of nitrogens with zero attached hydrogens (tertiary/aromatic N) is 1. The quantitative estimate of drug-likeness (QED) is 0.920. The summed E-state index contributed by atoms with van der Waals surface area (Å²) in [5, 5.41) is 0. The maximum atomic E-state index is 12.4. The van der Waals surface area contributed by atoms with E-state index in [1.807, 2.05) is 31.2 Å². The van der Waals surface area contributed by atoms with Crippen molar-refractivity contribution in [2.24, 2.45) is 5.73 Å². The molecule has 1 amide bonds. The molecule has 4 heteroatoms. The fourth-order valence-electron chi connectivity index (χ4n) is 2.03. The number of benzene rings is 1. The number of hydrogen-bond donors (Lipinski definition) is 1. The van der Waals surface area contributed by atoms with Crippen molar-refractivity contribution in [3.05, 3.63) is 53.0 Å². The summed E-state index contributed by atoms with van der Waals surface area (Å²) in [6, 6.07) is 9.41. The molecule has 2 N–H and O–H groups in total. The van der Waals surface area contributed by atoms with E-state index in [4.69, 9.17) is 10.2 Å². The third-order valence-electron chi connectivity index (χ3n) is 3.11. The van der Waals surface area contributed by atoms with E-state index in [1.165, 1.54) is 0 Å². The van der Waals surface area contributed by atoms with Gasteiger partial charge in [-0.3, -0.25) is 4.79 Å². The standard InChI is InChI=1S/C15H18N2O2/c1-10-7-14(11(2)19-10)15(18)17(3)13-6-4-5-12(8-13)9-16/h4-8H,9,16H2,1-3H3. The Bertz CT molecular complexity index is 602. The second-order valence-corrected chi connectivity index (χ2v) is 4.57. The lowest BCUT2D eigenvalue weighted by atomic mass is 10.1. The van der Waals surface area contributed by atoms with E-state index >= 15 is 0 Å². The topological polar surface area (TPSA) is 59.5 Å². The van der Waals surface area contributed by atoms with Crippen LogP contribution in [0.1, 0.15) is 27.4 Å². The molecule has 0 radical (unpaired) electrons. The van der Waals surface area contributed by atoms with Gasteiger partial charge in [-0.2, -0.15) is 0 Å². The van der Waals surface area contributed by atoms with Crippen molar-refractivity contribution in [1.29, 1.82) is 0 Å². The number of anilines is 1. The van der Waals surface area contributed by atoms with E-state index in [9.17, 15) is 4.79 Å². The molecule has 19 heavy (non-hydrogen) atoms. The Labute approximate surface area is 112 Å². The van der Waals surface area contributed by atoms with Crippen molar-refractivity contribution in [2.75, 3.05) is 11.9 Å². The van der Waals surface area contributed by atoms with Crippen LogP contribution in [0.2, 0.25) is 0 Å². The van der Waals surface area contributed by atoms with Crippen LogP contribution in [-0.2, 0) is 6.54 Å². The Balaban J connectivity index is 2.30. The van der Waals surface area contributed by atoms with E-state index in [0.29, 0.717) is 17.9 Å². The van der Waals surface area contributed by atoms with E-state index < -0.39 is 0 Å². The molecule has 0 atom stereocenters. The third-order valence-corrected chi connectivity index (χ3v) is 3.11. The normalized spacial score (nSPS) is 10.5. The lowest BCUT2D eigenvalue weighted by Gasteiger charge is -2.17. The van der Waals surface area contributed by atoms with E-state index in [1.54, 1.807) is 24.9 Å². The van der Waals surface area contributed by atoms with Crippen molar-refractivity contribution in [3.63, 3.8) is 0 Å². The van der Waals surface area contributed by atoms with Crippen LogP contribution in [0.5, 0.6) is 0 Å². The summed E-state index contributed by atoms with van der Waals surface area (Å²) in [6.07, 6.45) is 0. The predicted molar refractivity (Wildman–Crippen MR) is 75.2 cm³/mol. The summed E-state index contributed by atoms with van der Waals surface area (Å²) >= 11 is 0. The molecule has 0 aliphatic heterocycles. The van der Waals surface area contributed by atoms with Crippen molar-refractivity contribution < 1.29 is 9.21 Å². The Kier molecular flexibility index (Phi) is 3.71. The first-order valence-electron chi connectivity index (χ1n) is 6.17. The highest BCUT2D eigenvalue weighted by molar-refractivity contribution is 6.06. The van der Waals surface area contributed by atoms with Crippen molar-refractivity contribution in [1.82, 2.24) is 0 Å². The van der Waals surface area contributed by atoms with Gasteiger partial charge in [-0.1, -0.05) is 12.1 Å². The van der Waals surface area contributed by atoms with Crippen molar-refractivity contribution in [3.8, 4) is 0 Å². The fourth-order valence-corrected chi connectivity index (χ4v) is 2.03. The van der Waals surface area contributed by atoms with Gasteiger partial charge in [-0.05, 0) is 37.6 Å². The first-order valence-corrected chi connectivity index (χ1v) is 6.17. The van der Waals surface area contributed by atoms with Gasteiger partial charge in [0, 0.05) is 19.3 Å². The molecule has 0 aliphatic rings. The number of rotatable bonds is 3. The zero-order valence-corrected chi connectivity index (χ0v) is 11.4. The molecule has 2 aromatic rings. The summed E-state index contributed by atoms with van der Waals surface area (Å²) in [5.74, 6) is 1.30. The smallest absolute Gasteiger partial charge is 0.261 e. The minimum Gasteiger partial charge on any atom is -0.466 e. The number of nitrogens with two attached hydrogens (primary N) is 1. The molecule has 4 nitrogen and oxygen atoms in total. The summed E-state index contributed by atoms with van der Waals surface area (Å²) < 4.78 is 5.40. The highest BCUT2D eigenvalue weighted by atomic mass is 16.3. The largest absolute Gasteiger partial charge is 0.466 e. The lowest BCUT2D eigenvalue weighted by Crippen LogP contribution is -2.26. The molecule has 0 saturated carbocycles. The van der Waals surface area contributed by atoms with Crippen LogP contribution < -0.4 is 10.6 Å². The van der Waals surface area contributed by atoms with E-state index in [0.717, 1.165) is 17.0 Å². The van der Waals surface area contributed by atoms with Gasteiger partial charge in [0.05, 0.1) is 5.56 Å². The molecule has 0 spiro atoms. The molecule has 1 aromatic carbocycles. The highest BCUT2D eigenvalue weighted by Gasteiger charge is 2.18. The summed E-state index contributed by atoms with van der Waals surface area (Å²) in [7, 11) is 1.75. The molecule has 1 heterocycles. The number of carbonyl (C=O) groups is 1. The average molecular weight is 258 g/mol. The molecule has 0 saturated heterocycles. The second kappa shape index (κ2) is 5.28. The Hall–Kier alpha value is -2.07. The number of carbonyl (C=O) groups excluding carboxylic acids is 1. The Morgan fingerprint density at radius 2 is 2.05 bits per heavy atom. The first kappa shape index (κ1) is 13.4. The van der Waals surface area contributed by atoms with Crippen molar-refractivity contribution in [2.45, 2.75) is 20.4 Å². The van der Waals surface area contributed by atoms with E-state index in [2.05, 4.69) is 0 Å². The maximum Gasteiger partial charge on any atom is 0.261 e. The van der Waals surface area contributed by atoms with Gasteiger partial charge in [0.2, 0.25) is 0 Å². The summed E-state index contributed by atoms with van der Waals surface area (Å²) in [5.41, 5.74) is 8.03. The minimum atomic E-state index is -0.0801. The molecule has 2 rings (SSSR count). The van der Waals surface area contributed by atoms with Crippen LogP contribution >= 0.6 is 0 Å². The predicted octanol–water partition coefficient (Wildman–Crippen LogP) is 2.63. The number of furan rings is 1. The van der Waals surface area contributed by atoms with Crippen LogP contribution in [0.3, 0.4) is 0 Å². The highest BCUT2D eigenvalue weighted by Crippen LogP contribution is 2.20. The second-order valence-electron chi connectivity index (χ2n) is 4.57. The zero-order chi connectivity index (χ0) is 14.0. The Morgan fingerprint density at radius 1 is 1.32 bits per heavy atom. The molecule has 0 fully saturated rings. The lowest BCUT2D eigenvalue weighted by molar-refractivity contribution is 0.0991. The van der Waals surface area contributed by atoms with Gasteiger partial charge in [0.1, 0.15) is 11.5 Å². The molecule has 0 bridgehead atoms. The number of amides is 1. The minimum absolute atomic E-state index is 0.0801. The van der Waals surface area contributed by atoms with Gasteiger partial charge < -0.3 is 15.1 Å². The molecule has 100 valence electrons. The van der Waals surface area contributed by atoms with Crippen LogP contribution in [-0.4, -0.2) is 13.0 Å². The SMILES string of the molecule is Cc1cc(C(=O)N(C)c2cccc(CN)c2)c(C)o1. The van der Waals surface area contributed by atoms with Crippen LogP contribution in [0.25, 0.3) is 0 Å². The van der Waals surface area contributed by atoms with Gasteiger partial charge in [-0.25, -0.2) is 0 Å². The number of aryl methyl sites for hydroxylation is 2. The number of hydrogen-bond acceptors (Lipinski definition) is 3. The molecule has 1 aromatic heterocycles. The molecular formula is C15H18N2O2. The molecule has 0 unspecified atom stereocenters. The molecular weight excluding hydrogens is 240 g/mol. The third kappa shape index (κ3) is 2.69.